The summed E-state index contributed by atoms with van der Waals surface area (Å²) < 4.78 is 22.5. The Morgan fingerprint density at radius 1 is 1.15 bits per heavy atom. The second kappa shape index (κ2) is 9.86. The van der Waals surface area contributed by atoms with Gasteiger partial charge in [0.2, 0.25) is 0 Å². The van der Waals surface area contributed by atoms with Crippen LogP contribution in [0.3, 0.4) is 0 Å². The summed E-state index contributed by atoms with van der Waals surface area (Å²) in [7, 11) is 1.61. The fourth-order valence-electron chi connectivity index (χ4n) is 2.90. The fraction of sp³-hybridized carbons (Fsp3) is 1.00. The predicted octanol–water partition coefficient (Wildman–Crippen LogP) is 1.40. The third-order valence-corrected chi connectivity index (χ3v) is 6.48. The van der Waals surface area contributed by atoms with Gasteiger partial charge in [-0.05, 0) is 45.4 Å². The second-order valence-electron chi connectivity index (χ2n) is 5.31. The van der Waals surface area contributed by atoms with Crippen molar-refractivity contribution in [2.75, 3.05) is 27.4 Å². The molecule has 0 aromatic rings. The van der Waals surface area contributed by atoms with E-state index in [1.807, 2.05) is 13.8 Å². The number of hydrogen-bond donors (Lipinski definition) is 1. The maximum absolute atomic E-state index is 9.86. The van der Waals surface area contributed by atoms with Crippen molar-refractivity contribution in [3.05, 3.63) is 0 Å². The van der Waals surface area contributed by atoms with Crippen LogP contribution in [-0.4, -0.2) is 59.8 Å². The Morgan fingerprint density at radius 2 is 1.80 bits per heavy atom. The summed E-state index contributed by atoms with van der Waals surface area (Å²) in [5.41, 5.74) is 0.0626. The van der Waals surface area contributed by atoms with Crippen LogP contribution in [0.4, 0.5) is 0 Å². The largest absolute Gasteiger partial charge is 0.395 e. The average molecular weight is 306 g/mol. The van der Waals surface area contributed by atoms with Gasteiger partial charge in [-0.3, -0.25) is 0 Å². The molecule has 4 atom stereocenters. The van der Waals surface area contributed by atoms with E-state index in [0.717, 1.165) is 25.7 Å². The molecule has 1 rings (SSSR count). The summed E-state index contributed by atoms with van der Waals surface area (Å²) in [5.74, 6) is 0.504. The van der Waals surface area contributed by atoms with Crippen molar-refractivity contribution in [2.45, 2.75) is 57.5 Å². The van der Waals surface area contributed by atoms with Crippen molar-refractivity contribution in [3.63, 3.8) is 0 Å². The zero-order valence-corrected chi connectivity index (χ0v) is 14.4. The minimum Gasteiger partial charge on any atom is -0.395 e. The summed E-state index contributed by atoms with van der Waals surface area (Å²) in [6.45, 7) is 5.31. The van der Waals surface area contributed by atoms with Crippen LogP contribution in [0.2, 0.25) is 0 Å². The lowest BCUT2D eigenvalue weighted by Crippen LogP contribution is -2.42. The Kier molecular flexibility index (Phi) is 8.91. The summed E-state index contributed by atoms with van der Waals surface area (Å²) in [6, 6.07) is 0. The van der Waals surface area contributed by atoms with Crippen molar-refractivity contribution >= 4 is 9.28 Å². The first-order chi connectivity index (χ1) is 9.65. The molecule has 0 aliphatic heterocycles. The minimum atomic E-state index is -1.79. The van der Waals surface area contributed by atoms with E-state index in [1.54, 1.807) is 14.2 Å². The van der Waals surface area contributed by atoms with Gasteiger partial charge < -0.3 is 23.4 Å². The molecule has 0 saturated heterocycles. The summed E-state index contributed by atoms with van der Waals surface area (Å²) >= 11 is 0. The highest BCUT2D eigenvalue weighted by Crippen LogP contribution is 2.30. The smallest absolute Gasteiger partial charge is 0.351 e. The molecule has 1 N–H and O–H groups in total. The highest BCUT2D eigenvalue weighted by atomic mass is 28.3. The van der Waals surface area contributed by atoms with Crippen LogP contribution < -0.4 is 0 Å². The van der Waals surface area contributed by atoms with Gasteiger partial charge in [0.25, 0.3) is 0 Å². The highest BCUT2D eigenvalue weighted by molar-refractivity contribution is 6.46. The first kappa shape index (κ1) is 18.1. The minimum absolute atomic E-state index is 0.0504. The number of rotatable bonds is 9. The lowest BCUT2D eigenvalue weighted by Gasteiger charge is -2.34. The molecule has 20 heavy (non-hydrogen) atoms. The molecule has 1 aliphatic carbocycles. The first-order valence-corrected chi connectivity index (χ1v) is 9.23. The van der Waals surface area contributed by atoms with Gasteiger partial charge in [0.15, 0.2) is 0 Å². The van der Waals surface area contributed by atoms with Gasteiger partial charge in [0.05, 0.1) is 17.9 Å². The molecule has 1 aliphatic rings. The molecular formula is C14H30O5Si. The van der Waals surface area contributed by atoms with Crippen molar-refractivity contribution in [1.29, 1.82) is 0 Å². The van der Waals surface area contributed by atoms with Crippen molar-refractivity contribution in [1.82, 2.24) is 0 Å². The van der Waals surface area contributed by atoms with E-state index in [0.29, 0.717) is 19.1 Å². The van der Waals surface area contributed by atoms with Crippen LogP contribution in [0.1, 0.15) is 39.5 Å². The topological polar surface area (TPSA) is 57.2 Å². The van der Waals surface area contributed by atoms with Gasteiger partial charge in [-0.2, -0.15) is 0 Å². The molecule has 0 radical (unpaired) electrons. The lowest BCUT2D eigenvalue weighted by atomic mass is 9.83. The first-order valence-electron chi connectivity index (χ1n) is 7.63. The van der Waals surface area contributed by atoms with Gasteiger partial charge in [0, 0.05) is 27.4 Å². The Balaban J connectivity index is 2.53. The zero-order chi connectivity index (χ0) is 15.0. The summed E-state index contributed by atoms with van der Waals surface area (Å²) in [4.78, 5) is 0. The molecular weight excluding hydrogens is 276 g/mol. The normalized spacial score (nSPS) is 28.8. The number of hydrogen-bond acceptors (Lipinski definition) is 5. The Hall–Kier alpha value is 0.0169. The number of ether oxygens (including phenoxy) is 2. The number of aliphatic hydroxyl groups excluding tert-OH is 1. The van der Waals surface area contributed by atoms with E-state index in [2.05, 4.69) is 0 Å². The molecule has 6 heteroatoms. The van der Waals surface area contributed by atoms with E-state index in [4.69, 9.17) is 18.3 Å². The molecule has 4 unspecified atom stereocenters. The van der Waals surface area contributed by atoms with Crippen LogP contribution in [0.25, 0.3) is 0 Å². The third-order valence-electron chi connectivity index (χ3n) is 4.00. The van der Waals surface area contributed by atoms with E-state index < -0.39 is 9.28 Å². The van der Waals surface area contributed by atoms with Crippen molar-refractivity contribution in [2.24, 2.45) is 5.92 Å². The Bertz CT molecular complexity index is 248. The Morgan fingerprint density at radius 3 is 2.30 bits per heavy atom. The van der Waals surface area contributed by atoms with Crippen LogP contribution in [-0.2, 0) is 18.3 Å². The quantitative estimate of drug-likeness (QED) is 0.653. The van der Waals surface area contributed by atoms with E-state index in [-0.39, 0.29) is 17.9 Å². The summed E-state index contributed by atoms with van der Waals surface area (Å²) in [5, 5.41) is 9.86. The molecule has 0 spiro atoms. The van der Waals surface area contributed by atoms with Crippen LogP contribution in [0.15, 0.2) is 0 Å². The maximum atomic E-state index is 9.86. The summed E-state index contributed by atoms with van der Waals surface area (Å²) in [6.07, 6.45) is 3.25. The van der Waals surface area contributed by atoms with Crippen molar-refractivity contribution in [3.8, 4) is 0 Å². The average Bonchev–Trinajstić information content (AvgIpc) is 2.46. The predicted molar refractivity (Wildman–Crippen MR) is 80.0 cm³/mol. The Labute approximate surface area is 124 Å². The van der Waals surface area contributed by atoms with E-state index in [9.17, 15) is 5.11 Å². The molecule has 1 fully saturated rings. The molecule has 0 amide bonds. The molecule has 120 valence electrons. The molecule has 5 nitrogen and oxygen atoms in total. The van der Waals surface area contributed by atoms with Crippen molar-refractivity contribution < 1.29 is 23.4 Å². The van der Waals surface area contributed by atoms with Crippen LogP contribution in [0, 0.1) is 5.92 Å². The molecule has 0 heterocycles. The lowest BCUT2D eigenvalue weighted by molar-refractivity contribution is -0.0559. The van der Waals surface area contributed by atoms with Gasteiger partial charge in [0.1, 0.15) is 0 Å². The van der Waals surface area contributed by atoms with Gasteiger partial charge in [-0.15, -0.1) is 0 Å². The van der Waals surface area contributed by atoms with E-state index >= 15 is 0 Å². The van der Waals surface area contributed by atoms with Crippen LogP contribution in [0.5, 0.6) is 0 Å². The molecule has 1 saturated carbocycles. The van der Waals surface area contributed by atoms with Gasteiger partial charge >= 0.3 is 9.28 Å². The number of methoxy groups -OCH3 is 2. The second-order valence-corrected chi connectivity index (χ2v) is 7.46. The zero-order valence-electron chi connectivity index (χ0n) is 13.2. The number of aliphatic hydroxyl groups is 1. The monoisotopic (exact) mass is 306 g/mol. The fourth-order valence-corrected chi connectivity index (χ4v) is 4.91. The SMILES string of the molecule is CCO[SiH](OCC)C(CC1CCC(O)C(OC)C1)OC. The molecule has 0 bridgehead atoms. The van der Waals surface area contributed by atoms with E-state index in [1.165, 1.54) is 0 Å². The highest BCUT2D eigenvalue weighted by Gasteiger charge is 2.34. The third kappa shape index (κ3) is 5.42. The van der Waals surface area contributed by atoms with Gasteiger partial charge in [-0.25, -0.2) is 0 Å². The standard InChI is InChI=1S/C14H30O5Si/c1-5-18-20(19-6-2)14(17-4)10-11-7-8-12(15)13(9-11)16-3/h11-15,20H,5-10H2,1-4H3. The maximum Gasteiger partial charge on any atom is 0.351 e. The molecule has 0 aromatic heterocycles. The van der Waals surface area contributed by atoms with Crippen LogP contribution >= 0.6 is 0 Å². The van der Waals surface area contributed by atoms with Gasteiger partial charge in [-0.1, -0.05) is 0 Å². The molecule has 0 aromatic carbocycles.